The van der Waals surface area contributed by atoms with Gasteiger partial charge in [0.15, 0.2) is 22.9 Å². The van der Waals surface area contributed by atoms with Crippen molar-refractivity contribution in [1.29, 1.82) is 10.5 Å². The molecule has 1 aromatic carbocycles. The molecule has 10 heteroatoms. The zero-order chi connectivity index (χ0) is 23.6. The second kappa shape index (κ2) is 8.67. The molecule has 1 N–H and O–H groups in total. The number of hydrogen-bond donors (Lipinski definition) is 1. The average molecular weight is 442 g/mol. The highest BCUT2D eigenvalue weighted by Crippen LogP contribution is 2.42. The number of benzene rings is 1. The van der Waals surface area contributed by atoms with E-state index in [1.54, 1.807) is 26.8 Å². The third-order valence-electron chi connectivity index (χ3n) is 5.16. The summed E-state index contributed by atoms with van der Waals surface area (Å²) in [5.41, 5.74) is 0.645. The van der Waals surface area contributed by atoms with Gasteiger partial charge in [-0.05, 0) is 63.3 Å². The van der Waals surface area contributed by atoms with Gasteiger partial charge in [0, 0.05) is 5.56 Å². The molecule has 1 aliphatic rings. The van der Waals surface area contributed by atoms with E-state index in [1.807, 2.05) is 18.2 Å². The van der Waals surface area contributed by atoms with Crippen molar-refractivity contribution >= 4 is 5.91 Å². The molecule has 10 nitrogen and oxygen atoms in total. The van der Waals surface area contributed by atoms with Crippen molar-refractivity contribution in [2.75, 3.05) is 0 Å². The maximum Gasteiger partial charge on any atom is 0.252 e. The average Bonchev–Trinajstić information content (AvgIpc) is 3.55. The molecule has 0 radical (unpaired) electrons. The van der Waals surface area contributed by atoms with E-state index in [1.165, 1.54) is 23.4 Å². The van der Waals surface area contributed by atoms with Gasteiger partial charge in [0.05, 0.1) is 18.4 Å². The number of hydrogen-bond acceptors (Lipinski definition) is 8. The van der Waals surface area contributed by atoms with E-state index in [2.05, 4.69) is 31.4 Å². The van der Waals surface area contributed by atoms with E-state index in [4.69, 9.17) is 10.00 Å². The molecule has 33 heavy (non-hydrogen) atoms. The molecule has 166 valence electrons. The number of amides is 1. The van der Waals surface area contributed by atoms with E-state index in [9.17, 15) is 10.1 Å². The van der Waals surface area contributed by atoms with Crippen molar-refractivity contribution in [2.24, 2.45) is 0 Å². The first-order chi connectivity index (χ1) is 15.8. The molecule has 1 fully saturated rings. The Morgan fingerprint density at radius 3 is 2.64 bits per heavy atom. The standard InChI is InChI=1S/C23H22N8O2/c1-14(21-28-13-29-31(21)20-11-26-18(9-24)10-27-20)30-22(32)17-6-16(15-4-5-15)7-19(8-17)33-23(2,3)12-25/h6-8,10-11,13-15H,4-5H2,1-3H3,(H,30,32)/t14-/m0/s1. The predicted molar refractivity (Wildman–Crippen MR) is 116 cm³/mol. The predicted octanol–water partition coefficient (Wildman–Crippen LogP) is 2.98. The molecular weight excluding hydrogens is 420 g/mol. The van der Waals surface area contributed by atoms with Crippen LogP contribution in [0.2, 0.25) is 0 Å². The summed E-state index contributed by atoms with van der Waals surface area (Å²) in [5.74, 6) is 1.43. The summed E-state index contributed by atoms with van der Waals surface area (Å²) in [6.45, 7) is 5.14. The Bertz CT molecular complexity index is 1260. The van der Waals surface area contributed by atoms with Gasteiger partial charge in [-0.2, -0.15) is 20.3 Å². The molecule has 3 aromatic rings. The molecule has 1 amide bonds. The van der Waals surface area contributed by atoms with Gasteiger partial charge < -0.3 is 10.1 Å². The van der Waals surface area contributed by atoms with Gasteiger partial charge in [-0.1, -0.05) is 0 Å². The highest BCUT2D eigenvalue weighted by atomic mass is 16.5. The second-order valence-electron chi connectivity index (χ2n) is 8.39. The largest absolute Gasteiger partial charge is 0.473 e. The molecule has 2 heterocycles. The van der Waals surface area contributed by atoms with Crippen molar-refractivity contribution < 1.29 is 9.53 Å². The normalized spacial score (nSPS) is 14.1. The lowest BCUT2D eigenvalue weighted by Crippen LogP contribution is -2.29. The Morgan fingerprint density at radius 2 is 2.00 bits per heavy atom. The van der Waals surface area contributed by atoms with Crippen LogP contribution in [0.5, 0.6) is 5.75 Å². The maximum atomic E-state index is 13.1. The summed E-state index contributed by atoms with van der Waals surface area (Å²) in [6, 6.07) is 8.94. The fourth-order valence-corrected chi connectivity index (χ4v) is 3.34. The topological polar surface area (TPSA) is 142 Å². The van der Waals surface area contributed by atoms with Gasteiger partial charge in [-0.25, -0.2) is 15.0 Å². The first-order valence-electron chi connectivity index (χ1n) is 10.5. The molecule has 0 bridgehead atoms. The zero-order valence-corrected chi connectivity index (χ0v) is 18.5. The summed E-state index contributed by atoms with van der Waals surface area (Å²) in [7, 11) is 0. The van der Waals surface area contributed by atoms with Crippen LogP contribution >= 0.6 is 0 Å². The maximum absolute atomic E-state index is 13.1. The molecule has 4 rings (SSSR count). The van der Waals surface area contributed by atoms with Gasteiger partial charge in [-0.3, -0.25) is 4.79 Å². The quantitative estimate of drug-likeness (QED) is 0.588. The first-order valence-corrected chi connectivity index (χ1v) is 10.5. The van der Waals surface area contributed by atoms with E-state index in [0.717, 1.165) is 18.4 Å². The molecule has 0 aliphatic heterocycles. The molecular formula is C23H22N8O2. The van der Waals surface area contributed by atoms with Gasteiger partial charge in [0.2, 0.25) is 0 Å². The molecule has 0 saturated heterocycles. The minimum atomic E-state index is -1.01. The van der Waals surface area contributed by atoms with Gasteiger partial charge >= 0.3 is 0 Å². The number of carbonyl (C=O) groups excluding carboxylic acids is 1. The SMILES string of the molecule is C[C@H](NC(=O)c1cc(OC(C)(C)C#N)cc(C2CC2)c1)c1ncnn1-c1cnc(C#N)cn1. The Morgan fingerprint density at radius 1 is 1.21 bits per heavy atom. The number of nitriles is 2. The smallest absolute Gasteiger partial charge is 0.252 e. The number of nitrogens with one attached hydrogen (secondary N) is 1. The minimum Gasteiger partial charge on any atom is -0.473 e. The fraction of sp³-hybridized carbons (Fsp3) is 0.348. The number of nitrogens with zero attached hydrogens (tertiary/aromatic N) is 7. The van der Waals surface area contributed by atoms with Crippen molar-refractivity contribution in [1.82, 2.24) is 30.0 Å². The van der Waals surface area contributed by atoms with Crippen molar-refractivity contribution in [3.63, 3.8) is 0 Å². The number of aromatic nitrogens is 5. The summed E-state index contributed by atoms with van der Waals surface area (Å²) in [4.78, 5) is 25.6. The lowest BCUT2D eigenvalue weighted by molar-refractivity contribution is 0.0936. The molecule has 1 aliphatic carbocycles. The van der Waals surface area contributed by atoms with Crippen LogP contribution in [0.15, 0.2) is 36.9 Å². The summed E-state index contributed by atoms with van der Waals surface area (Å²) >= 11 is 0. The monoisotopic (exact) mass is 442 g/mol. The van der Waals surface area contributed by atoms with Crippen LogP contribution in [0.25, 0.3) is 5.82 Å². The van der Waals surface area contributed by atoms with Gasteiger partial charge in [-0.15, -0.1) is 0 Å². The molecule has 1 atom stereocenters. The Labute approximate surface area is 190 Å². The minimum absolute atomic E-state index is 0.190. The summed E-state index contributed by atoms with van der Waals surface area (Å²) in [6.07, 6.45) is 6.26. The molecule has 2 aromatic heterocycles. The Kier molecular flexibility index (Phi) is 5.76. The Balaban J connectivity index is 1.56. The van der Waals surface area contributed by atoms with E-state index in [-0.39, 0.29) is 11.6 Å². The summed E-state index contributed by atoms with van der Waals surface area (Å²) < 4.78 is 7.29. The van der Waals surface area contributed by atoms with E-state index >= 15 is 0 Å². The molecule has 0 unspecified atom stereocenters. The molecule has 0 spiro atoms. The highest BCUT2D eigenvalue weighted by molar-refractivity contribution is 5.95. The number of ether oxygens (including phenoxy) is 1. The second-order valence-corrected chi connectivity index (χ2v) is 8.39. The lowest BCUT2D eigenvalue weighted by Gasteiger charge is -2.20. The third-order valence-corrected chi connectivity index (χ3v) is 5.16. The van der Waals surface area contributed by atoms with E-state index < -0.39 is 11.6 Å². The third kappa shape index (κ3) is 4.96. The van der Waals surface area contributed by atoms with Crippen LogP contribution in [0.1, 0.15) is 73.0 Å². The summed E-state index contributed by atoms with van der Waals surface area (Å²) in [5, 5.41) is 25.3. The van der Waals surface area contributed by atoms with Crippen LogP contribution in [-0.4, -0.2) is 36.2 Å². The number of rotatable bonds is 7. The van der Waals surface area contributed by atoms with Crippen molar-refractivity contribution in [3.05, 3.63) is 59.6 Å². The van der Waals surface area contributed by atoms with E-state index in [0.29, 0.717) is 28.9 Å². The van der Waals surface area contributed by atoms with Crippen LogP contribution in [0.3, 0.4) is 0 Å². The van der Waals surface area contributed by atoms with Crippen molar-refractivity contribution in [2.45, 2.75) is 51.2 Å². The van der Waals surface area contributed by atoms with Crippen LogP contribution < -0.4 is 10.1 Å². The highest BCUT2D eigenvalue weighted by Gasteiger charge is 2.27. The lowest BCUT2D eigenvalue weighted by atomic mass is 10.0. The van der Waals surface area contributed by atoms with Crippen molar-refractivity contribution in [3.8, 4) is 23.7 Å². The van der Waals surface area contributed by atoms with Gasteiger partial charge in [0.25, 0.3) is 5.91 Å². The first kappa shape index (κ1) is 21.9. The Hall–Kier alpha value is -4.31. The van der Waals surface area contributed by atoms with Crippen LogP contribution in [0, 0.1) is 22.7 Å². The van der Waals surface area contributed by atoms with Crippen LogP contribution in [0.4, 0.5) is 0 Å². The van der Waals surface area contributed by atoms with Gasteiger partial charge in [0.1, 0.15) is 24.2 Å². The van der Waals surface area contributed by atoms with Crippen LogP contribution in [-0.2, 0) is 0 Å². The molecule has 1 saturated carbocycles. The number of carbonyl (C=O) groups is 1. The zero-order valence-electron chi connectivity index (χ0n) is 18.5. The fourth-order valence-electron chi connectivity index (χ4n) is 3.34.